The fourth-order valence-electron chi connectivity index (χ4n) is 2.39. The molecule has 1 amide bonds. The smallest absolute Gasteiger partial charge is 0.248 e. The van der Waals surface area contributed by atoms with E-state index in [4.69, 9.17) is 4.74 Å². The molecule has 0 saturated carbocycles. The van der Waals surface area contributed by atoms with Gasteiger partial charge in [0.1, 0.15) is 6.61 Å². The van der Waals surface area contributed by atoms with Crippen LogP contribution in [-0.4, -0.2) is 49.7 Å². The summed E-state index contributed by atoms with van der Waals surface area (Å²) in [5.41, 5.74) is 0. The summed E-state index contributed by atoms with van der Waals surface area (Å²) in [4.78, 5) is 13.7. The number of carbonyl (C=O) groups is 1. The molecule has 2 heterocycles. The lowest BCUT2D eigenvalue weighted by Gasteiger charge is -2.18. The monoisotopic (exact) mass is 212 g/mol. The molecule has 0 spiro atoms. The molecule has 0 radical (unpaired) electrons. The highest BCUT2D eigenvalue weighted by Crippen LogP contribution is 2.26. The van der Waals surface area contributed by atoms with Gasteiger partial charge < -0.3 is 15.0 Å². The third-order valence-electron chi connectivity index (χ3n) is 3.28. The molecule has 0 aliphatic carbocycles. The number of nitrogens with one attached hydrogen (secondary N) is 1. The fraction of sp³-hybridized carbons (Fsp3) is 0.909. The van der Waals surface area contributed by atoms with Gasteiger partial charge in [0.15, 0.2) is 0 Å². The van der Waals surface area contributed by atoms with E-state index >= 15 is 0 Å². The lowest BCUT2D eigenvalue weighted by atomic mass is 10.0. The van der Waals surface area contributed by atoms with E-state index in [0.717, 1.165) is 26.2 Å². The molecule has 0 aromatic carbocycles. The Bertz CT molecular complexity index is 231. The van der Waals surface area contributed by atoms with Crippen LogP contribution in [0, 0.1) is 11.8 Å². The first-order chi connectivity index (χ1) is 7.16. The highest BCUT2D eigenvalue weighted by molar-refractivity contribution is 5.77. The number of rotatable bonds is 3. The lowest BCUT2D eigenvalue weighted by Crippen LogP contribution is -2.35. The van der Waals surface area contributed by atoms with Gasteiger partial charge in [-0.05, 0) is 25.7 Å². The Morgan fingerprint density at radius 1 is 1.40 bits per heavy atom. The van der Waals surface area contributed by atoms with Gasteiger partial charge >= 0.3 is 0 Å². The van der Waals surface area contributed by atoms with Gasteiger partial charge in [0.25, 0.3) is 0 Å². The molecule has 2 atom stereocenters. The molecule has 15 heavy (non-hydrogen) atoms. The summed E-state index contributed by atoms with van der Waals surface area (Å²) in [5.74, 6) is 1.50. The summed E-state index contributed by atoms with van der Waals surface area (Å²) in [6, 6.07) is 0. The first kappa shape index (κ1) is 10.9. The maximum atomic E-state index is 11.8. The molecule has 2 saturated heterocycles. The quantitative estimate of drug-likeness (QED) is 0.721. The van der Waals surface area contributed by atoms with Crippen LogP contribution in [0.4, 0.5) is 0 Å². The maximum Gasteiger partial charge on any atom is 0.248 e. The topological polar surface area (TPSA) is 41.6 Å². The molecular formula is C11H20N2O2. The van der Waals surface area contributed by atoms with Crippen molar-refractivity contribution >= 4 is 5.91 Å². The van der Waals surface area contributed by atoms with Crippen molar-refractivity contribution in [2.75, 3.05) is 32.8 Å². The van der Waals surface area contributed by atoms with Gasteiger partial charge in [-0.25, -0.2) is 0 Å². The Hall–Kier alpha value is -0.610. The highest BCUT2D eigenvalue weighted by atomic mass is 16.5. The predicted octanol–water partition coefficient (Wildman–Crippen LogP) is 0.0892. The molecule has 4 heteroatoms. The number of hydrogen-bond acceptors (Lipinski definition) is 3. The van der Waals surface area contributed by atoms with Gasteiger partial charge in [0.2, 0.25) is 5.91 Å². The van der Waals surface area contributed by atoms with Crippen LogP contribution in [0.5, 0.6) is 0 Å². The number of hydrogen-bond donors (Lipinski definition) is 1. The fourth-order valence-corrected chi connectivity index (χ4v) is 2.39. The molecule has 2 fully saturated rings. The van der Waals surface area contributed by atoms with Gasteiger partial charge in [-0.15, -0.1) is 0 Å². The minimum absolute atomic E-state index is 0.137. The van der Waals surface area contributed by atoms with E-state index in [1.165, 1.54) is 0 Å². The minimum atomic E-state index is 0.137. The summed E-state index contributed by atoms with van der Waals surface area (Å²) in [7, 11) is 0. The summed E-state index contributed by atoms with van der Waals surface area (Å²) in [5, 5.41) is 3.36. The van der Waals surface area contributed by atoms with E-state index in [2.05, 4.69) is 5.32 Å². The van der Waals surface area contributed by atoms with Crippen LogP contribution in [-0.2, 0) is 9.53 Å². The Morgan fingerprint density at radius 3 is 2.53 bits per heavy atom. The van der Waals surface area contributed by atoms with Crippen LogP contribution in [0.3, 0.4) is 0 Å². The van der Waals surface area contributed by atoms with E-state index in [0.29, 0.717) is 11.8 Å². The summed E-state index contributed by atoms with van der Waals surface area (Å²) in [6.45, 7) is 8.12. The van der Waals surface area contributed by atoms with Crippen LogP contribution in [0.15, 0.2) is 0 Å². The summed E-state index contributed by atoms with van der Waals surface area (Å²) in [6.07, 6.45) is 0.137. The third kappa shape index (κ3) is 2.49. The Kier molecular flexibility index (Phi) is 3.26. The number of fused-ring (bicyclic) bond motifs is 1. The Balaban J connectivity index is 1.78. The second-order valence-electron chi connectivity index (χ2n) is 4.84. The van der Waals surface area contributed by atoms with Gasteiger partial charge in [0.05, 0.1) is 6.10 Å². The first-order valence-corrected chi connectivity index (χ1v) is 5.77. The molecular weight excluding hydrogens is 192 g/mol. The van der Waals surface area contributed by atoms with Gasteiger partial charge in [0, 0.05) is 26.2 Å². The van der Waals surface area contributed by atoms with Crippen molar-refractivity contribution < 1.29 is 9.53 Å². The van der Waals surface area contributed by atoms with E-state index in [1.807, 2.05) is 18.7 Å². The largest absolute Gasteiger partial charge is 0.369 e. The van der Waals surface area contributed by atoms with Crippen molar-refractivity contribution in [1.29, 1.82) is 0 Å². The highest BCUT2D eigenvalue weighted by Gasteiger charge is 2.37. The zero-order valence-electron chi connectivity index (χ0n) is 9.53. The molecule has 86 valence electrons. The third-order valence-corrected chi connectivity index (χ3v) is 3.28. The number of carbonyl (C=O) groups excluding carboxylic acids is 1. The average Bonchev–Trinajstić information content (AvgIpc) is 2.72. The van der Waals surface area contributed by atoms with Crippen molar-refractivity contribution in [3.05, 3.63) is 0 Å². The lowest BCUT2D eigenvalue weighted by molar-refractivity contribution is -0.136. The van der Waals surface area contributed by atoms with Gasteiger partial charge in [-0.1, -0.05) is 0 Å². The van der Waals surface area contributed by atoms with Crippen LogP contribution < -0.4 is 5.32 Å². The number of ether oxygens (including phenoxy) is 1. The molecule has 4 nitrogen and oxygen atoms in total. The molecule has 0 bridgehead atoms. The van der Waals surface area contributed by atoms with Crippen LogP contribution in [0.25, 0.3) is 0 Å². The number of amides is 1. The zero-order valence-corrected chi connectivity index (χ0v) is 9.53. The van der Waals surface area contributed by atoms with Crippen molar-refractivity contribution in [3.8, 4) is 0 Å². The summed E-state index contributed by atoms with van der Waals surface area (Å²) < 4.78 is 5.33. The second kappa shape index (κ2) is 4.49. The first-order valence-electron chi connectivity index (χ1n) is 5.77. The normalized spacial score (nSPS) is 29.9. The molecule has 0 aromatic rings. The van der Waals surface area contributed by atoms with Crippen LogP contribution >= 0.6 is 0 Å². The molecule has 2 aliphatic rings. The van der Waals surface area contributed by atoms with E-state index in [1.54, 1.807) is 0 Å². The SMILES string of the molecule is CC(C)OCC(=O)N1CC2CNCC2C1. The van der Waals surface area contributed by atoms with Crippen LogP contribution in [0.1, 0.15) is 13.8 Å². The average molecular weight is 212 g/mol. The molecule has 1 N–H and O–H groups in total. The van der Waals surface area contributed by atoms with Crippen molar-refractivity contribution in [1.82, 2.24) is 10.2 Å². The molecule has 2 unspecified atom stereocenters. The zero-order chi connectivity index (χ0) is 10.8. The van der Waals surface area contributed by atoms with Gasteiger partial charge in [-0.3, -0.25) is 4.79 Å². The van der Waals surface area contributed by atoms with Crippen molar-refractivity contribution in [2.24, 2.45) is 11.8 Å². The number of likely N-dealkylation sites (tertiary alicyclic amines) is 1. The minimum Gasteiger partial charge on any atom is -0.369 e. The maximum absolute atomic E-state index is 11.8. The number of nitrogens with zero attached hydrogens (tertiary/aromatic N) is 1. The second-order valence-corrected chi connectivity index (χ2v) is 4.84. The van der Waals surface area contributed by atoms with Crippen molar-refractivity contribution in [3.63, 3.8) is 0 Å². The Morgan fingerprint density at radius 2 is 2.00 bits per heavy atom. The summed E-state index contributed by atoms with van der Waals surface area (Å²) >= 11 is 0. The predicted molar refractivity (Wildman–Crippen MR) is 57.5 cm³/mol. The molecule has 0 aromatic heterocycles. The molecule has 2 rings (SSSR count). The molecule has 2 aliphatic heterocycles. The van der Waals surface area contributed by atoms with E-state index < -0.39 is 0 Å². The Labute approximate surface area is 91.0 Å². The van der Waals surface area contributed by atoms with Gasteiger partial charge in [-0.2, -0.15) is 0 Å². The van der Waals surface area contributed by atoms with Crippen LogP contribution in [0.2, 0.25) is 0 Å². The standard InChI is InChI=1S/C11H20N2O2/c1-8(2)15-7-11(14)13-5-9-3-12-4-10(9)6-13/h8-10,12H,3-7H2,1-2H3. The van der Waals surface area contributed by atoms with Crippen molar-refractivity contribution in [2.45, 2.75) is 20.0 Å². The van der Waals surface area contributed by atoms with E-state index in [-0.39, 0.29) is 18.6 Å². The van der Waals surface area contributed by atoms with E-state index in [9.17, 15) is 4.79 Å².